The Morgan fingerprint density at radius 3 is 3.00 bits per heavy atom. The number of aliphatic hydroxyl groups is 2. The molecular formula is C12H16N6O2. The van der Waals surface area contributed by atoms with E-state index in [4.69, 9.17) is 15.9 Å². The Kier molecular flexibility index (Phi) is 3.25. The number of rotatable bonds is 5. The number of nitrogen functional groups attached to an aromatic ring is 1. The van der Waals surface area contributed by atoms with Crippen LogP contribution in [0.5, 0.6) is 0 Å². The van der Waals surface area contributed by atoms with Crippen molar-refractivity contribution in [3.63, 3.8) is 0 Å². The first kappa shape index (κ1) is 12.8. The van der Waals surface area contributed by atoms with Crippen molar-refractivity contribution < 1.29 is 10.2 Å². The van der Waals surface area contributed by atoms with Crippen LogP contribution in [0.15, 0.2) is 11.9 Å². The Balaban J connectivity index is 1.99. The highest BCUT2D eigenvalue weighted by atomic mass is 16.3. The molecular weight excluding hydrogens is 260 g/mol. The molecule has 1 aliphatic carbocycles. The quantitative estimate of drug-likeness (QED) is 0.589. The van der Waals surface area contributed by atoms with E-state index >= 15 is 0 Å². The van der Waals surface area contributed by atoms with E-state index in [1.807, 2.05) is 6.20 Å². The van der Waals surface area contributed by atoms with Gasteiger partial charge >= 0.3 is 0 Å². The van der Waals surface area contributed by atoms with E-state index in [0.29, 0.717) is 23.5 Å². The summed E-state index contributed by atoms with van der Waals surface area (Å²) in [7, 11) is 0. The van der Waals surface area contributed by atoms with E-state index in [9.17, 15) is 0 Å². The van der Waals surface area contributed by atoms with Crippen LogP contribution in [-0.4, -0.2) is 49.5 Å². The highest BCUT2D eigenvalue weighted by molar-refractivity contribution is 5.85. The summed E-state index contributed by atoms with van der Waals surface area (Å²) in [4.78, 5) is 12.6. The molecule has 0 saturated heterocycles. The number of hydrogen-bond donors (Lipinski definition) is 4. The number of nitrogens with zero attached hydrogens (tertiary/aromatic N) is 4. The van der Waals surface area contributed by atoms with Gasteiger partial charge < -0.3 is 21.3 Å². The zero-order chi connectivity index (χ0) is 14.1. The molecule has 0 bridgehead atoms. The Morgan fingerprint density at radius 1 is 1.45 bits per heavy atom. The lowest BCUT2D eigenvalue weighted by Gasteiger charge is -2.05. The van der Waals surface area contributed by atoms with E-state index in [-0.39, 0.29) is 25.1 Å². The topological polar surface area (TPSA) is 122 Å². The average molecular weight is 276 g/mol. The minimum absolute atomic E-state index is 0.00561. The average Bonchev–Trinajstić information content (AvgIpc) is 3.08. The highest BCUT2D eigenvalue weighted by Gasteiger charge is 2.29. The fourth-order valence-electron chi connectivity index (χ4n) is 2.07. The molecule has 0 radical (unpaired) electrons. The Labute approximate surface area is 115 Å². The number of fused-ring (bicyclic) bond motifs is 1. The summed E-state index contributed by atoms with van der Waals surface area (Å²) in [5.74, 6) is 0.902. The predicted molar refractivity (Wildman–Crippen MR) is 74.8 cm³/mol. The maximum atomic E-state index is 9.06. The zero-order valence-electron chi connectivity index (χ0n) is 10.8. The van der Waals surface area contributed by atoms with Crippen molar-refractivity contribution >= 4 is 29.1 Å². The van der Waals surface area contributed by atoms with Gasteiger partial charge in [-0.1, -0.05) is 0 Å². The Hall–Kier alpha value is -2.19. The van der Waals surface area contributed by atoms with E-state index in [0.717, 1.165) is 12.0 Å². The molecule has 1 aliphatic rings. The summed E-state index contributed by atoms with van der Waals surface area (Å²) in [6, 6.07) is 0. The molecule has 0 aromatic carbocycles. The van der Waals surface area contributed by atoms with Crippen LogP contribution in [0.1, 0.15) is 6.42 Å². The molecule has 3 rings (SSSR count). The second-order valence-electron chi connectivity index (χ2n) is 4.69. The van der Waals surface area contributed by atoms with Gasteiger partial charge in [-0.25, -0.2) is 4.98 Å². The number of anilines is 2. The van der Waals surface area contributed by atoms with Crippen LogP contribution in [-0.2, 0) is 0 Å². The van der Waals surface area contributed by atoms with Gasteiger partial charge in [0.2, 0.25) is 5.95 Å². The fourth-order valence-corrected chi connectivity index (χ4v) is 2.07. The molecule has 106 valence electrons. The lowest BCUT2D eigenvalue weighted by Crippen LogP contribution is -2.09. The van der Waals surface area contributed by atoms with Gasteiger partial charge in [-0.3, -0.25) is 4.57 Å². The molecule has 0 aliphatic heterocycles. The van der Waals surface area contributed by atoms with E-state index in [2.05, 4.69) is 20.3 Å². The largest absolute Gasteiger partial charge is 0.396 e. The molecule has 8 heteroatoms. The third-order valence-electron chi connectivity index (χ3n) is 3.21. The van der Waals surface area contributed by atoms with Crippen LogP contribution >= 0.6 is 0 Å². The van der Waals surface area contributed by atoms with Crippen molar-refractivity contribution in [2.75, 3.05) is 30.8 Å². The number of imidazole rings is 1. The molecule has 1 unspecified atom stereocenters. The first-order valence-electron chi connectivity index (χ1n) is 6.39. The summed E-state index contributed by atoms with van der Waals surface area (Å²) < 4.78 is 1.78. The number of aliphatic hydroxyl groups excluding tert-OH is 2. The van der Waals surface area contributed by atoms with Crippen LogP contribution in [0, 0.1) is 5.92 Å². The second kappa shape index (κ2) is 5.06. The molecule has 0 amide bonds. The first-order valence-corrected chi connectivity index (χ1v) is 6.39. The molecule has 2 aromatic heterocycles. The third kappa shape index (κ3) is 2.30. The monoisotopic (exact) mass is 276 g/mol. The van der Waals surface area contributed by atoms with Crippen molar-refractivity contribution in [1.29, 1.82) is 0 Å². The molecule has 1 saturated carbocycles. The third-order valence-corrected chi connectivity index (χ3v) is 3.21. The van der Waals surface area contributed by atoms with Crippen molar-refractivity contribution in [3.05, 3.63) is 11.9 Å². The molecule has 20 heavy (non-hydrogen) atoms. The molecule has 2 heterocycles. The predicted octanol–water partition coefficient (Wildman–Crippen LogP) is -0.334. The van der Waals surface area contributed by atoms with Gasteiger partial charge in [-0.2, -0.15) is 9.97 Å². The maximum Gasteiger partial charge on any atom is 0.224 e. The van der Waals surface area contributed by atoms with Gasteiger partial charge in [0.05, 0.1) is 6.61 Å². The molecule has 5 N–H and O–H groups in total. The Bertz CT molecular complexity index is 665. The van der Waals surface area contributed by atoms with Gasteiger partial charge in [0.1, 0.15) is 6.33 Å². The number of aromatic nitrogens is 4. The lowest BCUT2D eigenvalue weighted by molar-refractivity contribution is 0.281. The second-order valence-corrected chi connectivity index (χ2v) is 4.69. The molecule has 8 nitrogen and oxygen atoms in total. The van der Waals surface area contributed by atoms with Crippen molar-refractivity contribution in [1.82, 2.24) is 19.5 Å². The van der Waals surface area contributed by atoms with Crippen molar-refractivity contribution in [2.24, 2.45) is 5.92 Å². The summed E-state index contributed by atoms with van der Waals surface area (Å²) in [5.41, 5.74) is 8.07. The first-order chi connectivity index (χ1) is 9.72. The van der Waals surface area contributed by atoms with Gasteiger partial charge in [-0.15, -0.1) is 0 Å². The van der Waals surface area contributed by atoms with E-state index < -0.39 is 0 Å². The van der Waals surface area contributed by atoms with Crippen LogP contribution < -0.4 is 11.1 Å². The smallest absolute Gasteiger partial charge is 0.224 e. The van der Waals surface area contributed by atoms with Gasteiger partial charge in [0, 0.05) is 25.3 Å². The standard InChI is InChI=1S/C12H16N6O2/c13-12-16-10(14-1-2-19)9-11(17-12)18(6-15-9)4-7-3-8(7)5-20/h4,6,8,19-20H,1-3,5H2,(H3,13,14,16,17). The number of nitrogens with two attached hydrogens (primary N) is 1. The zero-order valence-corrected chi connectivity index (χ0v) is 10.8. The minimum Gasteiger partial charge on any atom is -0.396 e. The molecule has 0 spiro atoms. The van der Waals surface area contributed by atoms with Crippen molar-refractivity contribution in [2.45, 2.75) is 6.42 Å². The summed E-state index contributed by atoms with van der Waals surface area (Å²) in [6.45, 7) is 0.527. The minimum atomic E-state index is -0.00561. The van der Waals surface area contributed by atoms with Gasteiger partial charge in [0.25, 0.3) is 0 Å². The molecule has 1 fully saturated rings. The van der Waals surface area contributed by atoms with Crippen LogP contribution in [0.3, 0.4) is 0 Å². The Morgan fingerprint density at radius 2 is 2.30 bits per heavy atom. The normalized spacial score (nSPS) is 19.7. The molecule has 2 aromatic rings. The summed E-state index contributed by atoms with van der Waals surface area (Å²) in [5, 5.41) is 20.9. The fraction of sp³-hybridized carbons (Fsp3) is 0.417. The number of nitrogens with one attached hydrogen (secondary N) is 1. The van der Waals surface area contributed by atoms with Crippen LogP contribution in [0.25, 0.3) is 17.4 Å². The summed E-state index contributed by atoms with van der Waals surface area (Å²) in [6.07, 6.45) is 4.45. The maximum absolute atomic E-state index is 9.06. The highest BCUT2D eigenvalue weighted by Crippen LogP contribution is 2.37. The van der Waals surface area contributed by atoms with E-state index in [1.165, 1.54) is 0 Å². The van der Waals surface area contributed by atoms with Crippen LogP contribution in [0.2, 0.25) is 0 Å². The van der Waals surface area contributed by atoms with Gasteiger partial charge in [-0.05, 0) is 12.0 Å². The van der Waals surface area contributed by atoms with Crippen LogP contribution in [0.4, 0.5) is 11.8 Å². The van der Waals surface area contributed by atoms with Crippen molar-refractivity contribution in [3.8, 4) is 0 Å². The van der Waals surface area contributed by atoms with Gasteiger partial charge in [0.15, 0.2) is 17.0 Å². The lowest BCUT2D eigenvalue weighted by atomic mass is 10.4. The summed E-state index contributed by atoms with van der Waals surface area (Å²) >= 11 is 0. The SMILES string of the molecule is Nc1nc(NCCO)c2ncn(C=C3CC3CO)c2n1. The van der Waals surface area contributed by atoms with E-state index in [1.54, 1.807) is 10.9 Å². The molecule has 1 atom stereocenters. The number of hydrogen-bond acceptors (Lipinski definition) is 7.